The SMILES string of the molecule is CCCOC1CCC(C2CCC(OCCC)C(F)C2F)CC1F. The van der Waals surface area contributed by atoms with Gasteiger partial charge in [0, 0.05) is 13.2 Å². The van der Waals surface area contributed by atoms with Gasteiger partial charge in [0.15, 0.2) is 6.17 Å². The van der Waals surface area contributed by atoms with Crippen molar-refractivity contribution in [1.29, 1.82) is 0 Å². The lowest BCUT2D eigenvalue weighted by molar-refractivity contribution is -0.0990. The molecule has 0 spiro atoms. The Bertz CT molecular complexity index is 342. The molecule has 2 nitrogen and oxygen atoms in total. The van der Waals surface area contributed by atoms with E-state index in [-0.39, 0.29) is 17.9 Å². The van der Waals surface area contributed by atoms with Gasteiger partial charge in [0.25, 0.3) is 0 Å². The number of rotatable bonds is 7. The molecule has 2 aliphatic rings. The molecule has 0 bridgehead atoms. The van der Waals surface area contributed by atoms with Crippen molar-refractivity contribution in [3.8, 4) is 0 Å². The van der Waals surface area contributed by atoms with Gasteiger partial charge in [-0.1, -0.05) is 13.8 Å². The number of halogens is 3. The Morgan fingerprint density at radius 3 is 2.00 bits per heavy atom. The summed E-state index contributed by atoms with van der Waals surface area (Å²) in [6, 6.07) is 0. The van der Waals surface area contributed by atoms with Gasteiger partial charge in [-0.15, -0.1) is 0 Å². The molecule has 0 heterocycles. The van der Waals surface area contributed by atoms with Crippen LogP contribution in [0.5, 0.6) is 0 Å². The molecule has 7 atom stereocenters. The van der Waals surface area contributed by atoms with Crippen molar-refractivity contribution < 1.29 is 22.6 Å². The molecule has 0 aliphatic heterocycles. The second-order valence-corrected chi connectivity index (χ2v) is 7.04. The van der Waals surface area contributed by atoms with Gasteiger partial charge in [0.05, 0.1) is 12.2 Å². The molecule has 23 heavy (non-hydrogen) atoms. The Hall–Kier alpha value is -0.290. The molecule has 0 radical (unpaired) electrons. The van der Waals surface area contributed by atoms with Crippen LogP contribution in [0.4, 0.5) is 13.2 Å². The Morgan fingerprint density at radius 2 is 1.39 bits per heavy atom. The van der Waals surface area contributed by atoms with Crippen LogP contribution in [0, 0.1) is 11.8 Å². The summed E-state index contributed by atoms with van der Waals surface area (Å²) in [6.45, 7) is 4.97. The first-order valence-electron chi connectivity index (χ1n) is 9.23. The second kappa shape index (κ2) is 9.26. The van der Waals surface area contributed by atoms with Crippen molar-refractivity contribution in [2.24, 2.45) is 11.8 Å². The molecule has 136 valence electrons. The van der Waals surface area contributed by atoms with Gasteiger partial charge in [-0.2, -0.15) is 0 Å². The first-order chi connectivity index (χ1) is 11.1. The Morgan fingerprint density at radius 1 is 0.783 bits per heavy atom. The van der Waals surface area contributed by atoms with E-state index < -0.39 is 24.6 Å². The van der Waals surface area contributed by atoms with E-state index in [0.717, 1.165) is 19.3 Å². The van der Waals surface area contributed by atoms with Gasteiger partial charge in [0.1, 0.15) is 12.3 Å². The smallest absolute Gasteiger partial charge is 0.157 e. The molecule has 2 fully saturated rings. The average molecular weight is 336 g/mol. The van der Waals surface area contributed by atoms with Gasteiger partial charge in [-0.25, -0.2) is 13.2 Å². The monoisotopic (exact) mass is 336 g/mol. The van der Waals surface area contributed by atoms with Gasteiger partial charge >= 0.3 is 0 Å². The van der Waals surface area contributed by atoms with Crippen LogP contribution in [0.25, 0.3) is 0 Å². The second-order valence-electron chi connectivity index (χ2n) is 7.04. The number of alkyl halides is 3. The lowest BCUT2D eigenvalue weighted by atomic mass is 9.70. The summed E-state index contributed by atoms with van der Waals surface area (Å²) in [5.41, 5.74) is 0. The van der Waals surface area contributed by atoms with Crippen molar-refractivity contribution >= 4 is 0 Å². The lowest BCUT2D eigenvalue weighted by Gasteiger charge is -2.42. The van der Waals surface area contributed by atoms with E-state index in [9.17, 15) is 13.2 Å². The molecule has 0 amide bonds. The molecule has 0 saturated heterocycles. The van der Waals surface area contributed by atoms with E-state index in [0.29, 0.717) is 38.9 Å². The fraction of sp³-hybridized carbons (Fsp3) is 1.00. The maximum atomic E-state index is 14.5. The number of ether oxygens (including phenoxy) is 2. The minimum Gasteiger partial charge on any atom is -0.375 e. The fourth-order valence-electron chi connectivity index (χ4n) is 4.02. The molecular weight excluding hydrogens is 305 g/mol. The lowest BCUT2D eigenvalue weighted by Crippen LogP contribution is -2.47. The van der Waals surface area contributed by atoms with E-state index >= 15 is 0 Å². The van der Waals surface area contributed by atoms with E-state index in [1.807, 2.05) is 13.8 Å². The maximum Gasteiger partial charge on any atom is 0.157 e. The third kappa shape index (κ3) is 4.85. The highest BCUT2D eigenvalue weighted by atomic mass is 19.2. The zero-order valence-corrected chi connectivity index (χ0v) is 14.4. The van der Waals surface area contributed by atoms with Gasteiger partial charge in [0.2, 0.25) is 0 Å². The Balaban J connectivity index is 1.86. The summed E-state index contributed by atoms with van der Waals surface area (Å²) < 4.78 is 54.0. The third-order valence-electron chi connectivity index (χ3n) is 5.28. The zero-order valence-electron chi connectivity index (χ0n) is 14.4. The highest BCUT2D eigenvalue weighted by Gasteiger charge is 2.46. The minimum atomic E-state index is -1.58. The van der Waals surface area contributed by atoms with Crippen molar-refractivity contribution in [2.45, 2.75) is 89.5 Å². The minimum absolute atomic E-state index is 0.0770. The molecule has 5 heteroatoms. The Labute approximate surface area is 138 Å². The molecule has 2 saturated carbocycles. The molecule has 2 rings (SSSR count). The first-order valence-corrected chi connectivity index (χ1v) is 9.23. The predicted octanol–water partition coefficient (Wildman–Crippen LogP) is 4.80. The molecule has 0 aromatic carbocycles. The van der Waals surface area contributed by atoms with E-state index in [1.165, 1.54) is 0 Å². The van der Waals surface area contributed by atoms with Gasteiger partial charge < -0.3 is 9.47 Å². The molecule has 2 aliphatic carbocycles. The van der Waals surface area contributed by atoms with Crippen LogP contribution in [0.3, 0.4) is 0 Å². The summed E-state index contributed by atoms with van der Waals surface area (Å²) in [5, 5.41) is 0. The number of hydrogen-bond acceptors (Lipinski definition) is 2. The summed E-state index contributed by atoms with van der Waals surface area (Å²) in [5.74, 6) is -0.455. The van der Waals surface area contributed by atoms with Crippen LogP contribution >= 0.6 is 0 Å². The number of hydrogen-bond donors (Lipinski definition) is 0. The van der Waals surface area contributed by atoms with Crippen molar-refractivity contribution in [3.63, 3.8) is 0 Å². The van der Waals surface area contributed by atoms with Crippen LogP contribution in [-0.2, 0) is 9.47 Å². The molecule has 7 unspecified atom stereocenters. The van der Waals surface area contributed by atoms with Crippen LogP contribution in [0.2, 0.25) is 0 Å². The summed E-state index contributed by atoms with van der Waals surface area (Å²) >= 11 is 0. The quantitative estimate of drug-likeness (QED) is 0.665. The van der Waals surface area contributed by atoms with Crippen molar-refractivity contribution in [3.05, 3.63) is 0 Å². The summed E-state index contributed by atoms with van der Waals surface area (Å²) in [4.78, 5) is 0. The molecule has 0 N–H and O–H groups in total. The highest BCUT2D eigenvalue weighted by molar-refractivity contribution is 4.94. The standard InChI is InChI=1S/C18H31F3O2/c1-3-9-22-15-7-5-12(11-14(15)19)13-6-8-16(23-10-4-2)18(21)17(13)20/h12-18H,3-11H2,1-2H3. The maximum absolute atomic E-state index is 14.5. The van der Waals surface area contributed by atoms with Crippen LogP contribution in [0.15, 0.2) is 0 Å². The fourth-order valence-corrected chi connectivity index (χ4v) is 4.02. The zero-order chi connectivity index (χ0) is 16.8. The van der Waals surface area contributed by atoms with E-state index in [2.05, 4.69) is 0 Å². The van der Waals surface area contributed by atoms with Crippen molar-refractivity contribution in [2.75, 3.05) is 13.2 Å². The normalized spacial score (nSPS) is 41.9. The highest BCUT2D eigenvalue weighted by Crippen LogP contribution is 2.42. The predicted molar refractivity (Wildman–Crippen MR) is 84.8 cm³/mol. The van der Waals surface area contributed by atoms with Crippen LogP contribution < -0.4 is 0 Å². The molecule has 0 aromatic rings. The van der Waals surface area contributed by atoms with Gasteiger partial charge in [-0.3, -0.25) is 0 Å². The molecule has 0 aromatic heterocycles. The van der Waals surface area contributed by atoms with E-state index in [1.54, 1.807) is 0 Å². The van der Waals surface area contributed by atoms with Crippen molar-refractivity contribution in [1.82, 2.24) is 0 Å². The summed E-state index contributed by atoms with van der Waals surface area (Å²) in [7, 11) is 0. The van der Waals surface area contributed by atoms with E-state index in [4.69, 9.17) is 9.47 Å². The third-order valence-corrected chi connectivity index (χ3v) is 5.28. The van der Waals surface area contributed by atoms with Crippen LogP contribution in [0.1, 0.15) is 58.8 Å². The topological polar surface area (TPSA) is 18.5 Å². The average Bonchev–Trinajstić information content (AvgIpc) is 2.55. The first kappa shape index (κ1) is 19.0. The Kier molecular flexibility index (Phi) is 7.67. The molecular formula is C18H31F3O2. The largest absolute Gasteiger partial charge is 0.375 e. The summed E-state index contributed by atoms with van der Waals surface area (Å²) in [6.07, 6.45) is -0.728. The van der Waals surface area contributed by atoms with Crippen LogP contribution in [-0.4, -0.2) is 43.9 Å². The van der Waals surface area contributed by atoms with Gasteiger partial charge in [-0.05, 0) is 56.8 Å².